The first-order valence-corrected chi connectivity index (χ1v) is 16.3. The van der Waals surface area contributed by atoms with E-state index >= 15 is 0 Å². The van der Waals surface area contributed by atoms with Gasteiger partial charge in [-0.1, -0.05) is 27.7 Å². The van der Waals surface area contributed by atoms with Crippen LogP contribution in [0.2, 0.25) is 0 Å². The Kier molecular flexibility index (Phi) is 12.5. The second-order valence-corrected chi connectivity index (χ2v) is 14.4. The van der Waals surface area contributed by atoms with Gasteiger partial charge in [-0.25, -0.2) is 0 Å². The zero-order valence-corrected chi connectivity index (χ0v) is 22.8. The number of hydrogen-bond donors (Lipinski definition) is 1. The lowest BCUT2D eigenvalue weighted by Gasteiger charge is -2.21. The molecular formula is C20H33NO8S4. The molecule has 0 heterocycles. The molecule has 0 fully saturated rings. The van der Waals surface area contributed by atoms with Gasteiger partial charge in [0.2, 0.25) is 5.91 Å². The molecule has 9 nitrogen and oxygen atoms in total. The highest BCUT2D eigenvalue weighted by atomic mass is 33.1. The molecule has 0 aromatic heterocycles. The minimum Gasteiger partial charge on any atom is -0.494 e. The smallest absolute Gasteiger partial charge is 0.264 e. The third kappa shape index (κ3) is 15.5. The van der Waals surface area contributed by atoms with Crippen LogP contribution < -0.4 is 10.1 Å². The van der Waals surface area contributed by atoms with Gasteiger partial charge in [-0.15, -0.1) is 0 Å². The maximum atomic E-state index is 12.0. The average molecular weight is 544 g/mol. The van der Waals surface area contributed by atoms with Crippen LogP contribution in [0.15, 0.2) is 18.2 Å². The molecule has 0 aliphatic heterocycles. The Balaban J connectivity index is 2.58. The number of amides is 1. The van der Waals surface area contributed by atoms with Crippen LogP contribution in [0.25, 0.3) is 0 Å². The highest BCUT2D eigenvalue weighted by Crippen LogP contribution is 2.36. The number of carbonyl (C=O) groups is 1. The first-order chi connectivity index (χ1) is 15.2. The maximum Gasteiger partial charge on any atom is 0.264 e. The Morgan fingerprint density at radius 3 is 2.03 bits per heavy atom. The second-order valence-electron chi connectivity index (χ2n) is 7.98. The predicted molar refractivity (Wildman–Crippen MR) is 133 cm³/mol. The molecule has 0 radical (unpaired) electrons. The molecule has 1 rings (SSSR count). The Morgan fingerprint density at radius 1 is 1.00 bits per heavy atom. The van der Waals surface area contributed by atoms with Crippen molar-refractivity contribution in [1.82, 2.24) is 5.32 Å². The van der Waals surface area contributed by atoms with E-state index in [4.69, 9.17) is 13.1 Å². The van der Waals surface area contributed by atoms with Gasteiger partial charge < -0.3 is 10.1 Å². The minimum atomic E-state index is -3.64. The van der Waals surface area contributed by atoms with Gasteiger partial charge in [0.1, 0.15) is 5.75 Å². The summed E-state index contributed by atoms with van der Waals surface area (Å²) in [6, 6.07) is 4.80. The van der Waals surface area contributed by atoms with Gasteiger partial charge in [0.15, 0.2) is 0 Å². The second kappa shape index (κ2) is 13.8. The summed E-state index contributed by atoms with van der Waals surface area (Å²) in [5.74, 6) is 0.406. The van der Waals surface area contributed by atoms with Crippen molar-refractivity contribution in [3.63, 3.8) is 0 Å². The third-order valence-electron chi connectivity index (χ3n) is 4.08. The van der Waals surface area contributed by atoms with Gasteiger partial charge in [0.05, 0.1) is 32.3 Å². The number of ether oxygens (including phenoxy) is 1. The minimum absolute atomic E-state index is 0.00934. The van der Waals surface area contributed by atoms with Gasteiger partial charge in [-0.3, -0.25) is 13.2 Å². The Morgan fingerprint density at radius 2 is 1.55 bits per heavy atom. The maximum absolute atomic E-state index is 12.0. The van der Waals surface area contributed by atoms with Crippen molar-refractivity contribution in [3.8, 4) is 5.75 Å². The quantitative estimate of drug-likeness (QED) is 0.189. The van der Waals surface area contributed by atoms with Gasteiger partial charge in [0, 0.05) is 17.7 Å². The lowest BCUT2D eigenvalue weighted by atomic mass is 10.1. The summed E-state index contributed by atoms with van der Waals surface area (Å²) in [4.78, 5) is 12.0. The molecule has 1 amide bonds. The summed E-state index contributed by atoms with van der Waals surface area (Å²) >= 11 is 0. The molecule has 1 aromatic carbocycles. The Labute approximate surface area is 205 Å². The van der Waals surface area contributed by atoms with Crippen molar-refractivity contribution < 1.29 is 34.7 Å². The van der Waals surface area contributed by atoms with E-state index in [0.29, 0.717) is 42.9 Å². The van der Waals surface area contributed by atoms with Gasteiger partial charge in [-0.05, 0) is 56.2 Å². The monoisotopic (exact) mass is 543 g/mol. The number of hydrogen-bond acceptors (Lipinski definition) is 10. The van der Waals surface area contributed by atoms with Crippen LogP contribution in [-0.2, 0) is 46.6 Å². The van der Waals surface area contributed by atoms with E-state index in [2.05, 4.69) is 19.2 Å². The van der Waals surface area contributed by atoms with Gasteiger partial charge in [0.25, 0.3) is 20.2 Å². The van der Waals surface area contributed by atoms with E-state index in [0.717, 1.165) is 18.9 Å². The molecule has 0 saturated carbocycles. The fourth-order valence-corrected chi connectivity index (χ4v) is 5.53. The summed E-state index contributed by atoms with van der Waals surface area (Å²) in [5.41, 5.74) is 0.980. The van der Waals surface area contributed by atoms with Crippen LogP contribution in [0.3, 0.4) is 0 Å². The third-order valence-corrected chi connectivity index (χ3v) is 7.85. The predicted octanol–water partition coefficient (Wildman–Crippen LogP) is 3.09. The van der Waals surface area contributed by atoms with E-state index in [1.807, 2.05) is 6.26 Å². The number of carbonyl (C=O) groups excluding carboxylic acids is 1. The SMILES string of the molecule is CSSC(C)(C)CCC(=O)NCCCOc1cc(COS(C)(=O)=O)cc(COS(C)(=O)=O)c1. The first-order valence-electron chi connectivity index (χ1n) is 10.1. The lowest BCUT2D eigenvalue weighted by molar-refractivity contribution is -0.121. The summed E-state index contributed by atoms with van der Waals surface area (Å²) < 4.78 is 60.4. The Hall–Kier alpha value is -0.990. The largest absolute Gasteiger partial charge is 0.494 e. The molecule has 13 heteroatoms. The van der Waals surface area contributed by atoms with Crippen LogP contribution in [0.4, 0.5) is 0 Å². The molecule has 0 aliphatic carbocycles. The van der Waals surface area contributed by atoms with E-state index in [-0.39, 0.29) is 23.9 Å². The van der Waals surface area contributed by atoms with E-state index in [9.17, 15) is 21.6 Å². The summed E-state index contributed by atoms with van der Waals surface area (Å²) in [5, 5.41) is 2.87. The normalized spacial score (nSPS) is 12.5. The molecule has 0 spiro atoms. The highest BCUT2D eigenvalue weighted by Gasteiger charge is 2.19. The highest BCUT2D eigenvalue weighted by molar-refractivity contribution is 8.76. The Bertz CT molecular complexity index is 924. The van der Waals surface area contributed by atoms with Crippen LogP contribution in [0.1, 0.15) is 44.2 Å². The van der Waals surface area contributed by atoms with Crippen molar-refractivity contribution in [1.29, 1.82) is 0 Å². The van der Waals surface area contributed by atoms with Crippen molar-refractivity contribution in [3.05, 3.63) is 29.3 Å². The van der Waals surface area contributed by atoms with Crippen molar-refractivity contribution in [2.24, 2.45) is 0 Å². The molecule has 0 aliphatic rings. The van der Waals surface area contributed by atoms with Crippen LogP contribution in [0.5, 0.6) is 5.75 Å². The van der Waals surface area contributed by atoms with E-state index in [1.54, 1.807) is 39.8 Å². The molecule has 1 aromatic rings. The van der Waals surface area contributed by atoms with Crippen molar-refractivity contribution in [2.45, 2.75) is 51.1 Å². The summed E-state index contributed by atoms with van der Waals surface area (Å²) in [7, 11) is -3.85. The topological polar surface area (TPSA) is 125 Å². The molecule has 0 atom stereocenters. The van der Waals surface area contributed by atoms with Gasteiger partial charge >= 0.3 is 0 Å². The van der Waals surface area contributed by atoms with Crippen LogP contribution in [0, 0.1) is 0 Å². The standard InChI is InChI=1S/C20H33NO8S4/c1-20(2,31-30-3)8-7-19(22)21-9-6-10-27-18-12-16(14-28-32(4,23)24)11-17(13-18)15-29-33(5,25)26/h11-13H,6-10,14-15H2,1-5H3,(H,21,22). The summed E-state index contributed by atoms with van der Waals surface area (Å²) in [6.07, 6.45) is 5.70. The zero-order valence-electron chi connectivity index (χ0n) is 19.6. The van der Waals surface area contributed by atoms with E-state index in [1.165, 1.54) is 0 Å². The van der Waals surface area contributed by atoms with E-state index < -0.39 is 20.2 Å². The molecule has 190 valence electrons. The molecule has 1 N–H and O–H groups in total. The molecular weight excluding hydrogens is 510 g/mol. The fourth-order valence-electron chi connectivity index (χ4n) is 2.59. The number of benzene rings is 1. The molecule has 33 heavy (non-hydrogen) atoms. The fraction of sp³-hybridized carbons (Fsp3) is 0.650. The lowest BCUT2D eigenvalue weighted by Crippen LogP contribution is -2.27. The summed E-state index contributed by atoms with van der Waals surface area (Å²) in [6.45, 7) is 4.54. The van der Waals surface area contributed by atoms with Crippen molar-refractivity contribution >= 4 is 47.7 Å². The van der Waals surface area contributed by atoms with Crippen LogP contribution >= 0.6 is 21.6 Å². The zero-order chi connectivity index (χ0) is 25.1. The number of nitrogens with one attached hydrogen (secondary N) is 1. The van der Waals surface area contributed by atoms with Gasteiger partial charge in [-0.2, -0.15) is 16.8 Å². The first kappa shape index (κ1) is 30.0. The molecule has 0 saturated heterocycles. The van der Waals surface area contributed by atoms with Crippen LogP contribution in [-0.4, -0.2) is 59.4 Å². The molecule has 0 unspecified atom stereocenters. The number of rotatable bonds is 16. The average Bonchev–Trinajstić information content (AvgIpc) is 2.68. The van der Waals surface area contributed by atoms with Crippen molar-refractivity contribution in [2.75, 3.05) is 31.9 Å². The molecule has 0 bridgehead atoms.